The summed E-state index contributed by atoms with van der Waals surface area (Å²) in [6.07, 6.45) is 3.95. The van der Waals surface area contributed by atoms with E-state index in [1.807, 2.05) is 0 Å². The summed E-state index contributed by atoms with van der Waals surface area (Å²) in [5, 5.41) is 0. The van der Waals surface area contributed by atoms with Crippen LogP contribution < -0.4 is 0 Å². The van der Waals surface area contributed by atoms with Gasteiger partial charge in [0.25, 0.3) is 10.1 Å². The van der Waals surface area contributed by atoms with Crippen LogP contribution in [0.3, 0.4) is 0 Å². The van der Waals surface area contributed by atoms with Gasteiger partial charge in [0, 0.05) is 5.56 Å². The minimum atomic E-state index is -4.36. The number of unbranched alkanes of at least 4 members (excludes halogenated alkanes) is 4. The zero-order valence-electron chi connectivity index (χ0n) is 11.2. The zero-order valence-corrected chi connectivity index (χ0v) is 12.0. The number of rotatable bonds is 8. The quantitative estimate of drug-likeness (QED) is 0.573. The normalized spacial score (nSPS) is 13.4. The van der Waals surface area contributed by atoms with E-state index in [0.29, 0.717) is 0 Å². The molecule has 0 aliphatic carbocycles. The van der Waals surface area contributed by atoms with E-state index in [2.05, 4.69) is 6.92 Å². The van der Waals surface area contributed by atoms with Gasteiger partial charge >= 0.3 is 0 Å². The number of alkyl halides is 1. The highest BCUT2D eigenvalue weighted by molar-refractivity contribution is 7.85. The van der Waals surface area contributed by atoms with Gasteiger partial charge in [-0.25, -0.2) is 4.39 Å². The second-order valence-electron chi connectivity index (χ2n) is 4.68. The molecule has 0 aliphatic heterocycles. The van der Waals surface area contributed by atoms with Crippen LogP contribution in [0.4, 0.5) is 4.39 Å². The average Bonchev–Trinajstić information content (AvgIpc) is 2.37. The van der Waals surface area contributed by atoms with Gasteiger partial charge in [0.15, 0.2) is 0 Å². The molecule has 0 saturated carbocycles. The molecule has 0 aromatic heterocycles. The Hall–Kier alpha value is -0.940. The molecular formula is C14H21FO3S. The molecule has 0 fully saturated rings. The summed E-state index contributed by atoms with van der Waals surface area (Å²) in [6, 6.07) is 5.70. The number of halogens is 1. The molecule has 1 rings (SSSR count). The van der Waals surface area contributed by atoms with Gasteiger partial charge in [-0.05, 0) is 12.5 Å². The first-order valence-corrected chi connectivity index (χ1v) is 8.11. The Labute approximate surface area is 114 Å². The highest BCUT2D eigenvalue weighted by Gasteiger charge is 2.20. The van der Waals surface area contributed by atoms with Gasteiger partial charge < -0.3 is 0 Å². The lowest BCUT2D eigenvalue weighted by molar-refractivity contribution is 0.307. The maximum absolute atomic E-state index is 14.1. The van der Waals surface area contributed by atoms with Crippen molar-refractivity contribution >= 4 is 10.1 Å². The van der Waals surface area contributed by atoms with Gasteiger partial charge in [0.1, 0.15) is 6.17 Å². The first-order valence-electron chi connectivity index (χ1n) is 6.67. The van der Waals surface area contributed by atoms with Gasteiger partial charge in [-0.2, -0.15) is 8.42 Å². The average molecular weight is 288 g/mol. The molecule has 0 radical (unpaired) electrons. The minimum absolute atomic E-state index is 0.0560. The van der Waals surface area contributed by atoms with Crippen LogP contribution in [-0.4, -0.2) is 13.0 Å². The summed E-state index contributed by atoms with van der Waals surface area (Å²) in [5.74, 6) is 0. The fourth-order valence-corrected chi connectivity index (χ4v) is 2.80. The van der Waals surface area contributed by atoms with E-state index in [0.717, 1.165) is 32.1 Å². The van der Waals surface area contributed by atoms with Gasteiger partial charge in [-0.1, -0.05) is 57.2 Å². The largest absolute Gasteiger partial charge is 0.294 e. The molecule has 19 heavy (non-hydrogen) atoms. The molecule has 0 heterocycles. The molecule has 1 aromatic rings. The minimum Gasteiger partial charge on any atom is -0.282 e. The highest BCUT2D eigenvalue weighted by Crippen LogP contribution is 2.29. The van der Waals surface area contributed by atoms with E-state index in [4.69, 9.17) is 4.55 Å². The molecule has 1 unspecified atom stereocenters. The summed E-state index contributed by atoms with van der Waals surface area (Å²) in [4.78, 5) is -0.323. The van der Waals surface area contributed by atoms with Crippen LogP contribution in [0.2, 0.25) is 0 Å². The molecule has 5 heteroatoms. The van der Waals surface area contributed by atoms with Crippen molar-refractivity contribution in [1.29, 1.82) is 0 Å². The summed E-state index contributed by atoms with van der Waals surface area (Å²) < 4.78 is 45.4. The third kappa shape index (κ3) is 5.28. The predicted molar refractivity (Wildman–Crippen MR) is 73.5 cm³/mol. The van der Waals surface area contributed by atoms with Crippen LogP contribution >= 0.6 is 0 Å². The monoisotopic (exact) mass is 288 g/mol. The van der Waals surface area contributed by atoms with Crippen molar-refractivity contribution in [3.05, 3.63) is 29.8 Å². The summed E-state index contributed by atoms with van der Waals surface area (Å²) >= 11 is 0. The van der Waals surface area contributed by atoms with Crippen molar-refractivity contribution in [3.63, 3.8) is 0 Å². The third-order valence-corrected chi connectivity index (χ3v) is 4.02. The van der Waals surface area contributed by atoms with Crippen LogP contribution in [0, 0.1) is 0 Å². The molecule has 1 N–H and O–H groups in total. The Bertz CT molecular complexity index is 485. The Balaban J connectivity index is 2.65. The smallest absolute Gasteiger partial charge is 0.282 e. The molecule has 0 aliphatic rings. The van der Waals surface area contributed by atoms with Crippen LogP contribution in [0.5, 0.6) is 0 Å². The summed E-state index contributed by atoms with van der Waals surface area (Å²) in [7, 11) is -4.36. The number of hydrogen-bond donors (Lipinski definition) is 1. The van der Waals surface area contributed by atoms with E-state index in [-0.39, 0.29) is 16.9 Å². The van der Waals surface area contributed by atoms with E-state index in [1.54, 1.807) is 6.07 Å². The van der Waals surface area contributed by atoms with E-state index in [1.165, 1.54) is 18.2 Å². The summed E-state index contributed by atoms with van der Waals surface area (Å²) in [6.45, 7) is 2.11. The van der Waals surface area contributed by atoms with Gasteiger partial charge in [0.05, 0.1) is 4.90 Å². The second-order valence-corrected chi connectivity index (χ2v) is 6.07. The Morgan fingerprint density at radius 3 is 2.42 bits per heavy atom. The maximum Gasteiger partial charge on any atom is 0.294 e. The molecule has 108 valence electrons. The molecule has 1 aromatic carbocycles. The third-order valence-electron chi connectivity index (χ3n) is 3.10. The van der Waals surface area contributed by atoms with Crippen molar-refractivity contribution in [2.24, 2.45) is 0 Å². The summed E-state index contributed by atoms with van der Waals surface area (Å²) in [5.41, 5.74) is 0.0560. The van der Waals surface area contributed by atoms with Crippen molar-refractivity contribution in [3.8, 4) is 0 Å². The van der Waals surface area contributed by atoms with Crippen LogP contribution in [-0.2, 0) is 10.1 Å². The van der Waals surface area contributed by atoms with Crippen molar-refractivity contribution in [2.75, 3.05) is 0 Å². The molecule has 0 spiro atoms. The Morgan fingerprint density at radius 2 is 1.79 bits per heavy atom. The van der Waals surface area contributed by atoms with Crippen molar-refractivity contribution in [2.45, 2.75) is 56.5 Å². The lowest BCUT2D eigenvalue weighted by atomic mass is 10.0. The van der Waals surface area contributed by atoms with Crippen LogP contribution in [0.15, 0.2) is 29.2 Å². The first-order chi connectivity index (χ1) is 8.96. The Morgan fingerprint density at radius 1 is 1.16 bits per heavy atom. The molecule has 0 amide bonds. The van der Waals surface area contributed by atoms with Crippen LogP contribution in [0.1, 0.15) is 57.2 Å². The van der Waals surface area contributed by atoms with Crippen molar-refractivity contribution in [1.82, 2.24) is 0 Å². The van der Waals surface area contributed by atoms with E-state index >= 15 is 0 Å². The van der Waals surface area contributed by atoms with Crippen molar-refractivity contribution < 1.29 is 17.4 Å². The fourth-order valence-electron chi connectivity index (χ4n) is 2.06. The predicted octanol–water partition coefficient (Wildman–Crippen LogP) is 4.30. The number of hydrogen-bond acceptors (Lipinski definition) is 2. The first kappa shape index (κ1) is 16.1. The lowest BCUT2D eigenvalue weighted by Crippen LogP contribution is -2.05. The molecule has 3 nitrogen and oxygen atoms in total. The van der Waals surface area contributed by atoms with Gasteiger partial charge in [-0.15, -0.1) is 0 Å². The van der Waals surface area contributed by atoms with Crippen LogP contribution in [0.25, 0.3) is 0 Å². The topological polar surface area (TPSA) is 54.4 Å². The van der Waals surface area contributed by atoms with Gasteiger partial charge in [0.2, 0.25) is 0 Å². The standard InChI is InChI=1S/C14H21FO3S/c1-2-3-4-5-6-10-13(15)12-9-7-8-11-14(12)19(16,17)18/h7-9,11,13H,2-6,10H2,1H3,(H,16,17,18). The fraction of sp³-hybridized carbons (Fsp3) is 0.571. The van der Waals surface area contributed by atoms with Gasteiger partial charge in [-0.3, -0.25) is 4.55 Å². The van der Waals surface area contributed by atoms with E-state index in [9.17, 15) is 12.8 Å². The lowest BCUT2D eigenvalue weighted by Gasteiger charge is -2.11. The number of benzene rings is 1. The maximum atomic E-state index is 14.1. The highest BCUT2D eigenvalue weighted by atomic mass is 32.2. The zero-order chi connectivity index (χ0) is 14.3. The molecular weight excluding hydrogens is 267 g/mol. The molecule has 1 atom stereocenters. The van der Waals surface area contributed by atoms with E-state index < -0.39 is 16.3 Å². The second kappa shape index (κ2) is 7.60. The SMILES string of the molecule is CCCCCCCC(F)c1ccccc1S(=O)(=O)O. The Kier molecular flexibility index (Phi) is 6.45. The molecule has 0 bridgehead atoms. The molecule has 0 saturated heterocycles.